The Morgan fingerprint density at radius 1 is 1.25 bits per heavy atom. The highest BCUT2D eigenvalue weighted by molar-refractivity contribution is 5.90. The fourth-order valence-corrected chi connectivity index (χ4v) is 3.84. The maximum Gasteiger partial charge on any atom is 0.173 e. The van der Waals surface area contributed by atoms with Crippen LogP contribution in [-0.4, -0.2) is 52.8 Å². The van der Waals surface area contributed by atoms with Crippen LogP contribution < -0.4 is 0 Å². The second kappa shape index (κ2) is 5.28. The molecular formula is C17H23N3O4. The van der Waals surface area contributed by atoms with Gasteiger partial charge in [-0.05, 0) is 12.8 Å². The third-order valence-electron chi connectivity index (χ3n) is 5.76. The molecule has 2 saturated heterocycles. The molecule has 3 fully saturated rings. The van der Waals surface area contributed by atoms with Crippen LogP contribution in [0.5, 0.6) is 0 Å². The molecule has 0 amide bonds. The second-order valence-electron chi connectivity index (χ2n) is 7.79. The van der Waals surface area contributed by atoms with Crippen molar-refractivity contribution in [2.24, 2.45) is 11.1 Å². The number of aliphatic hydroxyl groups is 1. The van der Waals surface area contributed by atoms with Crippen LogP contribution in [-0.2, 0) is 21.7 Å². The third-order valence-corrected chi connectivity index (χ3v) is 5.76. The SMILES string of the molecule is OC1(c2cc(CN3CCC4(CC3)CC(C3CC3)=NO4)no2)COC1. The predicted octanol–water partition coefficient (Wildman–Crippen LogP) is 1.41. The zero-order chi connectivity index (χ0) is 16.2. The van der Waals surface area contributed by atoms with E-state index in [1.54, 1.807) is 0 Å². The van der Waals surface area contributed by atoms with E-state index in [2.05, 4.69) is 15.2 Å². The normalized spacial score (nSPS) is 28.5. The first-order valence-electron chi connectivity index (χ1n) is 8.88. The van der Waals surface area contributed by atoms with E-state index in [0.29, 0.717) is 11.7 Å². The number of rotatable bonds is 4. The van der Waals surface area contributed by atoms with Crippen molar-refractivity contribution in [1.82, 2.24) is 10.1 Å². The molecule has 0 radical (unpaired) electrons. The largest absolute Gasteiger partial charge is 0.389 e. The van der Waals surface area contributed by atoms with Crippen molar-refractivity contribution in [3.8, 4) is 0 Å². The summed E-state index contributed by atoms with van der Waals surface area (Å²) in [5.74, 6) is 1.22. The summed E-state index contributed by atoms with van der Waals surface area (Å²) in [6.45, 7) is 3.27. The van der Waals surface area contributed by atoms with E-state index in [1.165, 1.54) is 18.6 Å². The zero-order valence-corrected chi connectivity index (χ0v) is 13.7. The molecule has 1 aromatic rings. The predicted molar refractivity (Wildman–Crippen MR) is 84.3 cm³/mol. The number of piperidine rings is 1. The van der Waals surface area contributed by atoms with Gasteiger partial charge in [-0.15, -0.1) is 0 Å². The molecule has 24 heavy (non-hydrogen) atoms. The zero-order valence-electron chi connectivity index (χ0n) is 13.7. The van der Waals surface area contributed by atoms with E-state index < -0.39 is 5.60 Å². The topological polar surface area (TPSA) is 80.3 Å². The second-order valence-corrected chi connectivity index (χ2v) is 7.79. The van der Waals surface area contributed by atoms with Gasteiger partial charge in [-0.25, -0.2) is 0 Å². The Morgan fingerprint density at radius 2 is 2.04 bits per heavy atom. The summed E-state index contributed by atoms with van der Waals surface area (Å²) < 4.78 is 10.4. The minimum atomic E-state index is -0.981. The van der Waals surface area contributed by atoms with E-state index in [-0.39, 0.29) is 18.8 Å². The first-order chi connectivity index (χ1) is 11.6. The molecule has 1 N–H and O–H groups in total. The Bertz CT molecular complexity index is 655. The molecule has 1 aliphatic carbocycles. The van der Waals surface area contributed by atoms with Crippen LogP contribution >= 0.6 is 0 Å². The molecule has 1 spiro atoms. The van der Waals surface area contributed by atoms with Crippen LogP contribution in [0, 0.1) is 5.92 Å². The lowest BCUT2D eigenvalue weighted by molar-refractivity contribution is -0.195. The van der Waals surface area contributed by atoms with Gasteiger partial charge in [0.2, 0.25) is 0 Å². The van der Waals surface area contributed by atoms with Gasteiger partial charge in [0.05, 0.1) is 24.6 Å². The van der Waals surface area contributed by atoms with Gasteiger partial charge in [-0.1, -0.05) is 10.3 Å². The van der Waals surface area contributed by atoms with E-state index in [9.17, 15) is 5.11 Å². The van der Waals surface area contributed by atoms with Crippen molar-refractivity contribution in [1.29, 1.82) is 0 Å². The summed E-state index contributed by atoms with van der Waals surface area (Å²) in [6, 6.07) is 1.85. The maximum absolute atomic E-state index is 10.2. The highest BCUT2D eigenvalue weighted by Gasteiger charge is 2.46. The van der Waals surface area contributed by atoms with Crippen molar-refractivity contribution in [3.05, 3.63) is 17.5 Å². The molecule has 5 rings (SSSR count). The van der Waals surface area contributed by atoms with Crippen molar-refractivity contribution >= 4 is 5.71 Å². The molecule has 0 bridgehead atoms. The molecule has 3 aliphatic heterocycles. The molecular weight excluding hydrogens is 310 g/mol. The Kier molecular flexibility index (Phi) is 3.27. The Labute approximate surface area is 140 Å². The van der Waals surface area contributed by atoms with Crippen molar-refractivity contribution in [3.63, 3.8) is 0 Å². The molecule has 0 atom stereocenters. The molecule has 7 nitrogen and oxygen atoms in total. The number of hydrogen-bond donors (Lipinski definition) is 1. The van der Waals surface area contributed by atoms with Gasteiger partial charge < -0.3 is 19.2 Å². The summed E-state index contributed by atoms with van der Waals surface area (Å²) in [7, 11) is 0. The van der Waals surface area contributed by atoms with Gasteiger partial charge in [-0.3, -0.25) is 4.90 Å². The number of ether oxygens (including phenoxy) is 1. The summed E-state index contributed by atoms with van der Waals surface area (Å²) in [6.07, 6.45) is 5.61. The van der Waals surface area contributed by atoms with Gasteiger partial charge in [0.25, 0.3) is 0 Å². The molecule has 0 aromatic carbocycles. The number of oxime groups is 1. The van der Waals surface area contributed by atoms with Gasteiger partial charge in [0.15, 0.2) is 11.4 Å². The summed E-state index contributed by atoms with van der Waals surface area (Å²) in [5, 5.41) is 18.7. The van der Waals surface area contributed by atoms with Crippen LogP contribution in [0.3, 0.4) is 0 Å². The van der Waals surface area contributed by atoms with E-state index in [1.807, 2.05) is 6.07 Å². The van der Waals surface area contributed by atoms with E-state index >= 15 is 0 Å². The highest BCUT2D eigenvalue weighted by atomic mass is 16.7. The van der Waals surface area contributed by atoms with Crippen molar-refractivity contribution in [2.45, 2.75) is 49.9 Å². The maximum atomic E-state index is 10.2. The van der Waals surface area contributed by atoms with E-state index in [0.717, 1.165) is 44.6 Å². The standard InChI is InChI=1S/C17H23N3O4/c21-17(10-22-11-17)15-7-13(18-23-15)9-20-5-3-16(4-6-20)8-14(19-24-16)12-1-2-12/h7,12,21H,1-6,8-11H2. The fourth-order valence-electron chi connectivity index (χ4n) is 3.84. The molecule has 0 unspecified atom stereocenters. The molecule has 4 aliphatic rings. The molecule has 130 valence electrons. The van der Waals surface area contributed by atoms with E-state index in [4.69, 9.17) is 14.1 Å². The first-order valence-corrected chi connectivity index (χ1v) is 8.88. The quantitative estimate of drug-likeness (QED) is 0.897. The first kappa shape index (κ1) is 14.9. The number of hydrogen-bond acceptors (Lipinski definition) is 7. The van der Waals surface area contributed by atoms with Crippen LogP contribution in [0.15, 0.2) is 15.7 Å². The van der Waals surface area contributed by atoms with Crippen LogP contribution in [0.4, 0.5) is 0 Å². The highest BCUT2D eigenvalue weighted by Crippen LogP contribution is 2.42. The van der Waals surface area contributed by atoms with Crippen LogP contribution in [0.2, 0.25) is 0 Å². The van der Waals surface area contributed by atoms with Crippen molar-refractivity contribution in [2.75, 3.05) is 26.3 Å². The minimum Gasteiger partial charge on any atom is -0.389 e. The lowest BCUT2D eigenvalue weighted by atomic mass is 9.86. The monoisotopic (exact) mass is 333 g/mol. The summed E-state index contributed by atoms with van der Waals surface area (Å²) in [4.78, 5) is 8.21. The van der Waals surface area contributed by atoms with Crippen LogP contribution in [0.1, 0.15) is 43.6 Å². The number of likely N-dealkylation sites (tertiary alicyclic amines) is 1. The number of aromatic nitrogens is 1. The Morgan fingerprint density at radius 3 is 2.71 bits per heavy atom. The van der Waals surface area contributed by atoms with Gasteiger partial charge in [0.1, 0.15) is 5.60 Å². The average molecular weight is 333 g/mol. The summed E-state index contributed by atoms with van der Waals surface area (Å²) in [5.41, 5.74) is 1.12. The third kappa shape index (κ3) is 2.55. The smallest absolute Gasteiger partial charge is 0.173 e. The lowest BCUT2D eigenvalue weighted by Crippen LogP contribution is -2.46. The Hall–Kier alpha value is -1.44. The van der Waals surface area contributed by atoms with Gasteiger partial charge in [0, 0.05) is 50.9 Å². The lowest BCUT2D eigenvalue weighted by Gasteiger charge is -2.36. The van der Waals surface area contributed by atoms with Gasteiger partial charge in [-0.2, -0.15) is 0 Å². The summed E-state index contributed by atoms with van der Waals surface area (Å²) >= 11 is 0. The molecule has 1 saturated carbocycles. The van der Waals surface area contributed by atoms with Crippen molar-refractivity contribution < 1.29 is 19.2 Å². The Balaban J connectivity index is 1.16. The van der Waals surface area contributed by atoms with Crippen LogP contribution in [0.25, 0.3) is 0 Å². The molecule has 4 heterocycles. The molecule has 1 aromatic heterocycles. The number of nitrogens with zero attached hydrogens (tertiary/aromatic N) is 3. The average Bonchev–Trinajstić information content (AvgIpc) is 3.17. The minimum absolute atomic E-state index is 0.0537. The molecule has 7 heteroatoms. The fraction of sp³-hybridized carbons (Fsp3) is 0.765. The van der Waals surface area contributed by atoms with Gasteiger partial charge >= 0.3 is 0 Å².